The number of amides is 1. The zero-order chi connectivity index (χ0) is 11.0. The number of carbonyl (C=O) groups excluding carboxylic acids is 1. The molecule has 0 aliphatic carbocycles. The fourth-order valence-electron chi connectivity index (χ4n) is 0.780. The number of rotatable bonds is 6. The number of halogens is 1. The van der Waals surface area contributed by atoms with Crippen LogP contribution in [0.15, 0.2) is 0 Å². The fraction of sp³-hybridized carbons (Fsp3) is 0.900. The van der Waals surface area contributed by atoms with Gasteiger partial charge in [0.15, 0.2) is 0 Å². The highest BCUT2D eigenvalue weighted by Gasteiger charge is 2.12. The third kappa shape index (κ3) is 9.99. The van der Waals surface area contributed by atoms with E-state index in [1.165, 1.54) is 0 Å². The van der Waals surface area contributed by atoms with Crippen molar-refractivity contribution in [2.24, 2.45) is 0 Å². The largest absolute Gasteiger partial charge is 0.366 e. The Hall–Kier alpha value is -0.0900. The average molecular weight is 266 g/mol. The second-order valence-corrected chi connectivity index (χ2v) is 4.94. The highest BCUT2D eigenvalue weighted by Crippen LogP contribution is 2.05. The van der Waals surface area contributed by atoms with Crippen LogP contribution in [-0.4, -0.2) is 30.0 Å². The van der Waals surface area contributed by atoms with E-state index in [0.717, 1.165) is 24.7 Å². The molecule has 0 saturated heterocycles. The molecule has 14 heavy (non-hydrogen) atoms. The molecule has 0 aromatic heterocycles. The molecular formula is C10H20BrNO2. The van der Waals surface area contributed by atoms with Crippen LogP contribution in [0.3, 0.4) is 0 Å². The predicted octanol–water partition coefficient (Wildman–Crippen LogP) is 2.09. The standard InChI is InChI=1S/C10H20BrNO2/c1-10(2,3)14-8-9(13)12-7-5-4-6-11/h4-8H2,1-3H3,(H,12,13). The van der Waals surface area contributed by atoms with Gasteiger partial charge in [-0.05, 0) is 33.6 Å². The minimum absolute atomic E-state index is 0.0329. The van der Waals surface area contributed by atoms with E-state index in [2.05, 4.69) is 21.2 Å². The molecule has 0 fully saturated rings. The normalized spacial score (nSPS) is 11.4. The van der Waals surface area contributed by atoms with E-state index < -0.39 is 0 Å². The van der Waals surface area contributed by atoms with Crippen molar-refractivity contribution in [3.8, 4) is 0 Å². The lowest BCUT2D eigenvalue weighted by Gasteiger charge is -2.18. The SMILES string of the molecule is CC(C)(C)OCC(=O)NCCCCBr. The van der Waals surface area contributed by atoms with Gasteiger partial charge in [0.25, 0.3) is 0 Å². The Kier molecular flexibility index (Phi) is 7.19. The van der Waals surface area contributed by atoms with Crippen molar-refractivity contribution in [2.75, 3.05) is 18.5 Å². The summed E-state index contributed by atoms with van der Waals surface area (Å²) in [6.45, 7) is 6.69. The zero-order valence-corrected chi connectivity index (χ0v) is 10.8. The number of alkyl halides is 1. The zero-order valence-electron chi connectivity index (χ0n) is 9.23. The van der Waals surface area contributed by atoms with Crippen LogP contribution in [0, 0.1) is 0 Å². The van der Waals surface area contributed by atoms with E-state index in [4.69, 9.17) is 4.74 Å². The highest BCUT2D eigenvalue weighted by molar-refractivity contribution is 9.09. The number of ether oxygens (including phenoxy) is 1. The monoisotopic (exact) mass is 265 g/mol. The third-order valence-electron chi connectivity index (χ3n) is 1.52. The molecule has 0 bridgehead atoms. The lowest BCUT2D eigenvalue weighted by Crippen LogP contribution is -2.32. The summed E-state index contributed by atoms with van der Waals surface area (Å²) in [5, 5.41) is 3.79. The molecule has 0 aromatic carbocycles. The smallest absolute Gasteiger partial charge is 0.246 e. The Morgan fingerprint density at radius 3 is 2.50 bits per heavy atom. The Balaban J connectivity index is 3.38. The average Bonchev–Trinajstić information content (AvgIpc) is 2.08. The molecule has 0 atom stereocenters. The summed E-state index contributed by atoms with van der Waals surface area (Å²) in [6.07, 6.45) is 2.09. The molecule has 0 aliphatic rings. The van der Waals surface area contributed by atoms with Crippen LogP contribution in [0.5, 0.6) is 0 Å². The minimum Gasteiger partial charge on any atom is -0.366 e. The van der Waals surface area contributed by atoms with Gasteiger partial charge in [0.05, 0.1) is 5.60 Å². The van der Waals surface area contributed by atoms with Crippen LogP contribution in [0.25, 0.3) is 0 Å². The van der Waals surface area contributed by atoms with Crippen molar-refractivity contribution >= 4 is 21.8 Å². The first-order valence-corrected chi connectivity index (χ1v) is 6.04. The molecule has 0 spiro atoms. The van der Waals surface area contributed by atoms with Crippen molar-refractivity contribution in [1.29, 1.82) is 0 Å². The molecular weight excluding hydrogens is 246 g/mol. The third-order valence-corrected chi connectivity index (χ3v) is 2.08. The van der Waals surface area contributed by atoms with Crippen LogP contribution in [-0.2, 0) is 9.53 Å². The summed E-state index contributed by atoms with van der Waals surface area (Å²) >= 11 is 3.34. The van der Waals surface area contributed by atoms with Crippen molar-refractivity contribution in [1.82, 2.24) is 5.32 Å². The van der Waals surface area contributed by atoms with Gasteiger partial charge >= 0.3 is 0 Å². The molecule has 0 saturated carbocycles. The Morgan fingerprint density at radius 2 is 2.00 bits per heavy atom. The molecule has 4 heteroatoms. The van der Waals surface area contributed by atoms with Crippen molar-refractivity contribution in [2.45, 2.75) is 39.2 Å². The van der Waals surface area contributed by atoms with Crippen LogP contribution in [0.2, 0.25) is 0 Å². The van der Waals surface area contributed by atoms with Gasteiger partial charge in [-0.2, -0.15) is 0 Å². The number of carbonyl (C=O) groups is 1. The summed E-state index contributed by atoms with van der Waals surface area (Å²) in [7, 11) is 0. The van der Waals surface area contributed by atoms with Crippen LogP contribution < -0.4 is 5.32 Å². The molecule has 0 radical (unpaired) electrons. The van der Waals surface area contributed by atoms with E-state index in [0.29, 0.717) is 0 Å². The van der Waals surface area contributed by atoms with E-state index in [9.17, 15) is 4.79 Å². The Morgan fingerprint density at radius 1 is 1.36 bits per heavy atom. The first-order valence-electron chi connectivity index (χ1n) is 4.92. The summed E-state index contributed by atoms with van der Waals surface area (Å²) in [5.41, 5.74) is -0.243. The maximum absolute atomic E-state index is 11.2. The van der Waals surface area contributed by atoms with Gasteiger partial charge < -0.3 is 10.1 Å². The number of unbranched alkanes of at least 4 members (excludes halogenated alkanes) is 1. The molecule has 1 amide bonds. The first kappa shape index (κ1) is 13.9. The first-order chi connectivity index (χ1) is 6.45. The maximum Gasteiger partial charge on any atom is 0.246 e. The predicted molar refractivity (Wildman–Crippen MR) is 61.7 cm³/mol. The lowest BCUT2D eigenvalue weighted by molar-refractivity contribution is -0.130. The Labute approximate surface area is 94.7 Å². The Bertz CT molecular complexity index is 166. The molecule has 3 nitrogen and oxygen atoms in total. The van der Waals surface area contributed by atoms with Gasteiger partial charge in [-0.1, -0.05) is 15.9 Å². The van der Waals surface area contributed by atoms with Crippen molar-refractivity contribution in [3.05, 3.63) is 0 Å². The lowest BCUT2D eigenvalue weighted by atomic mass is 10.2. The number of nitrogens with one attached hydrogen (secondary N) is 1. The molecule has 0 aliphatic heterocycles. The van der Waals surface area contributed by atoms with Crippen molar-refractivity contribution in [3.63, 3.8) is 0 Å². The van der Waals surface area contributed by atoms with Crippen molar-refractivity contribution < 1.29 is 9.53 Å². The topological polar surface area (TPSA) is 38.3 Å². The van der Waals surface area contributed by atoms with Gasteiger partial charge in [0, 0.05) is 11.9 Å². The molecule has 84 valence electrons. The second-order valence-electron chi connectivity index (χ2n) is 4.15. The second kappa shape index (κ2) is 7.23. The number of hydrogen-bond acceptors (Lipinski definition) is 2. The van der Waals surface area contributed by atoms with E-state index in [1.807, 2.05) is 20.8 Å². The van der Waals surface area contributed by atoms with Gasteiger partial charge in [-0.25, -0.2) is 0 Å². The molecule has 0 unspecified atom stereocenters. The molecule has 1 N–H and O–H groups in total. The fourth-order valence-corrected chi connectivity index (χ4v) is 1.18. The van der Waals surface area contributed by atoms with Gasteiger partial charge in [-0.3, -0.25) is 4.79 Å². The van der Waals surface area contributed by atoms with Crippen LogP contribution in [0.4, 0.5) is 0 Å². The van der Waals surface area contributed by atoms with Crippen LogP contribution in [0.1, 0.15) is 33.6 Å². The van der Waals surface area contributed by atoms with E-state index in [-0.39, 0.29) is 18.1 Å². The van der Waals surface area contributed by atoms with Gasteiger partial charge in [0.2, 0.25) is 5.91 Å². The summed E-state index contributed by atoms with van der Waals surface area (Å²) in [6, 6.07) is 0. The quantitative estimate of drug-likeness (QED) is 0.590. The van der Waals surface area contributed by atoms with Crippen LogP contribution >= 0.6 is 15.9 Å². The molecule has 0 aromatic rings. The van der Waals surface area contributed by atoms with Gasteiger partial charge in [-0.15, -0.1) is 0 Å². The molecule has 0 rings (SSSR count). The molecule has 0 heterocycles. The van der Waals surface area contributed by atoms with Gasteiger partial charge in [0.1, 0.15) is 6.61 Å². The summed E-state index contributed by atoms with van der Waals surface area (Å²) < 4.78 is 5.33. The minimum atomic E-state index is -0.243. The van der Waals surface area contributed by atoms with E-state index in [1.54, 1.807) is 0 Å². The maximum atomic E-state index is 11.2. The number of hydrogen-bond donors (Lipinski definition) is 1. The highest BCUT2D eigenvalue weighted by atomic mass is 79.9. The summed E-state index contributed by atoms with van der Waals surface area (Å²) in [4.78, 5) is 11.2. The van der Waals surface area contributed by atoms with E-state index >= 15 is 0 Å². The summed E-state index contributed by atoms with van der Waals surface area (Å²) in [5.74, 6) is -0.0329.